The van der Waals surface area contributed by atoms with Crippen LogP contribution in [0.15, 0.2) is 29.2 Å². The third-order valence-corrected chi connectivity index (χ3v) is 9.40. The van der Waals surface area contributed by atoms with E-state index in [-0.39, 0.29) is 28.7 Å². The molecule has 2 atom stereocenters. The van der Waals surface area contributed by atoms with Crippen LogP contribution in [0.5, 0.6) is 0 Å². The molecule has 0 bridgehead atoms. The number of imide groups is 1. The summed E-state index contributed by atoms with van der Waals surface area (Å²) in [5, 5.41) is 4.97. The number of nitrogens with one attached hydrogen (secondary N) is 3. The van der Waals surface area contributed by atoms with E-state index in [9.17, 15) is 22.8 Å². The average molecular weight is 535 g/mol. The molecule has 2 saturated carbocycles. The number of likely N-dealkylation sites (tertiary alicyclic amines) is 1. The molecule has 1 aromatic carbocycles. The van der Waals surface area contributed by atoms with Gasteiger partial charge < -0.3 is 10.6 Å². The van der Waals surface area contributed by atoms with Gasteiger partial charge in [-0.15, -0.1) is 0 Å². The molecule has 0 aromatic heterocycles. The number of hydrogen-bond acceptors (Lipinski definition) is 5. The van der Waals surface area contributed by atoms with E-state index in [4.69, 9.17) is 0 Å². The van der Waals surface area contributed by atoms with Crippen LogP contribution >= 0.6 is 0 Å². The van der Waals surface area contributed by atoms with Crippen LogP contribution in [-0.4, -0.2) is 51.4 Å². The van der Waals surface area contributed by atoms with Gasteiger partial charge in [0, 0.05) is 26.1 Å². The van der Waals surface area contributed by atoms with E-state index in [1.165, 1.54) is 35.9 Å². The summed E-state index contributed by atoms with van der Waals surface area (Å²) in [5.74, 6) is 2.52. The quantitative estimate of drug-likeness (QED) is 0.464. The lowest BCUT2D eigenvalue weighted by atomic mass is 9.60. The van der Waals surface area contributed by atoms with Crippen molar-refractivity contribution in [2.24, 2.45) is 23.7 Å². The summed E-state index contributed by atoms with van der Waals surface area (Å²) in [6, 6.07) is 4.85. The molecule has 1 aliphatic heterocycles. The SMILES string of the molecule is C1CC2CCC12.CCCCC1C(=O)N(C(=O)NCCc2ccc(S(=O)(=O)NC(=O)NC)cc2)CCC1C. The van der Waals surface area contributed by atoms with Crippen LogP contribution in [0.1, 0.15) is 70.8 Å². The van der Waals surface area contributed by atoms with Crippen molar-refractivity contribution in [1.82, 2.24) is 20.3 Å². The number of unbranched alkanes of at least 4 members (excludes halogenated alkanes) is 1. The van der Waals surface area contributed by atoms with Gasteiger partial charge in [-0.25, -0.2) is 22.7 Å². The lowest BCUT2D eigenvalue weighted by Gasteiger charge is -2.46. The highest BCUT2D eigenvalue weighted by Gasteiger charge is 2.38. The summed E-state index contributed by atoms with van der Waals surface area (Å²) < 4.78 is 26.0. The molecule has 1 aromatic rings. The molecule has 3 N–H and O–H groups in total. The van der Waals surface area contributed by atoms with E-state index in [1.54, 1.807) is 37.8 Å². The number of carbonyl (C=O) groups excluding carboxylic acids is 3. The van der Waals surface area contributed by atoms with Crippen molar-refractivity contribution in [3.05, 3.63) is 29.8 Å². The van der Waals surface area contributed by atoms with Crippen LogP contribution in [0.4, 0.5) is 9.59 Å². The number of piperidine rings is 1. The summed E-state index contributed by atoms with van der Waals surface area (Å²) in [4.78, 5) is 37.8. The Bertz CT molecular complexity index is 1030. The fourth-order valence-electron chi connectivity index (χ4n) is 5.16. The number of fused-ring (bicyclic) bond motifs is 1. The Morgan fingerprint density at radius 3 is 2.16 bits per heavy atom. The van der Waals surface area contributed by atoms with Crippen LogP contribution < -0.4 is 15.4 Å². The second kappa shape index (κ2) is 13.3. The van der Waals surface area contributed by atoms with Gasteiger partial charge in [0.1, 0.15) is 0 Å². The predicted molar refractivity (Wildman–Crippen MR) is 142 cm³/mol. The normalized spacial score (nSPS) is 24.4. The van der Waals surface area contributed by atoms with Crippen molar-refractivity contribution >= 4 is 28.0 Å². The van der Waals surface area contributed by atoms with Crippen LogP contribution in [0.25, 0.3) is 0 Å². The zero-order chi connectivity index (χ0) is 27.0. The van der Waals surface area contributed by atoms with Gasteiger partial charge in [0.15, 0.2) is 0 Å². The number of urea groups is 2. The van der Waals surface area contributed by atoms with E-state index in [0.717, 1.165) is 31.2 Å². The van der Waals surface area contributed by atoms with Crippen molar-refractivity contribution in [2.75, 3.05) is 20.1 Å². The number of hydrogen-bond donors (Lipinski definition) is 3. The van der Waals surface area contributed by atoms with Crippen molar-refractivity contribution < 1.29 is 22.8 Å². The van der Waals surface area contributed by atoms with E-state index >= 15 is 0 Å². The molecule has 10 heteroatoms. The van der Waals surface area contributed by atoms with Crippen LogP contribution in [-0.2, 0) is 21.2 Å². The Morgan fingerprint density at radius 2 is 1.65 bits per heavy atom. The summed E-state index contributed by atoms with van der Waals surface area (Å²) in [5.41, 5.74) is 0.818. The topological polar surface area (TPSA) is 125 Å². The maximum Gasteiger partial charge on any atom is 0.328 e. The maximum absolute atomic E-state index is 12.7. The first kappa shape index (κ1) is 28.9. The highest BCUT2D eigenvalue weighted by Crippen LogP contribution is 2.49. The molecule has 1 heterocycles. The highest BCUT2D eigenvalue weighted by molar-refractivity contribution is 7.90. The Kier molecular flexibility index (Phi) is 10.4. The fourth-order valence-corrected chi connectivity index (χ4v) is 6.12. The third kappa shape index (κ3) is 7.69. The lowest BCUT2D eigenvalue weighted by molar-refractivity contribution is -0.137. The molecule has 9 nitrogen and oxygen atoms in total. The molecule has 37 heavy (non-hydrogen) atoms. The van der Waals surface area contributed by atoms with Gasteiger partial charge >= 0.3 is 12.1 Å². The Balaban J connectivity index is 0.000000542. The number of benzene rings is 1. The smallest absolute Gasteiger partial charge is 0.328 e. The van der Waals surface area contributed by atoms with E-state index in [1.807, 2.05) is 4.72 Å². The van der Waals surface area contributed by atoms with Crippen LogP contribution in [0.2, 0.25) is 0 Å². The molecule has 0 radical (unpaired) electrons. The van der Waals surface area contributed by atoms with Gasteiger partial charge in [0.25, 0.3) is 10.0 Å². The third-order valence-electron chi connectivity index (χ3n) is 8.05. The van der Waals surface area contributed by atoms with Gasteiger partial charge in [-0.1, -0.05) is 38.8 Å². The van der Waals surface area contributed by atoms with Crippen molar-refractivity contribution in [3.63, 3.8) is 0 Å². The molecular weight excluding hydrogens is 492 g/mol. The average Bonchev–Trinajstić information content (AvgIpc) is 2.86. The number of nitrogens with zero attached hydrogens (tertiary/aromatic N) is 1. The summed E-state index contributed by atoms with van der Waals surface area (Å²) in [7, 11) is -2.61. The molecule has 4 rings (SSSR count). The molecule has 206 valence electrons. The molecule has 0 spiro atoms. The van der Waals surface area contributed by atoms with Crippen LogP contribution in [0, 0.1) is 23.7 Å². The molecule has 3 fully saturated rings. The second-order valence-corrected chi connectivity index (χ2v) is 12.2. The Morgan fingerprint density at radius 1 is 1.03 bits per heavy atom. The van der Waals surface area contributed by atoms with Crippen molar-refractivity contribution in [3.8, 4) is 0 Å². The first-order valence-electron chi connectivity index (χ1n) is 13.6. The van der Waals surface area contributed by atoms with Crippen molar-refractivity contribution in [1.29, 1.82) is 0 Å². The van der Waals surface area contributed by atoms with Gasteiger partial charge in [-0.3, -0.25) is 9.69 Å². The molecule has 1 saturated heterocycles. The minimum atomic E-state index is -3.94. The molecule has 2 unspecified atom stereocenters. The van der Waals surface area contributed by atoms with Gasteiger partial charge in [0.2, 0.25) is 5.91 Å². The fraction of sp³-hybridized carbons (Fsp3) is 0.667. The van der Waals surface area contributed by atoms with E-state index < -0.39 is 16.1 Å². The van der Waals surface area contributed by atoms with Crippen molar-refractivity contribution in [2.45, 2.75) is 76.5 Å². The van der Waals surface area contributed by atoms with Gasteiger partial charge in [0.05, 0.1) is 4.90 Å². The molecule has 3 aliphatic rings. The van der Waals surface area contributed by atoms with E-state index in [2.05, 4.69) is 24.5 Å². The van der Waals surface area contributed by atoms with E-state index in [0.29, 0.717) is 19.5 Å². The second-order valence-electron chi connectivity index (χ2n) is 10.5. The minimum Gasteiger partial charge on any atom is -0.340 e. The van der Waals surface area contributed by atoms with Gasteiger partial charge in [-0.2, -0.15) is 0 Å². The highest BCUT2D eigenvalue weighted by atomic mass is 32.2. The van der Waals surface area contributed by atoms with Crippen LogP contribution in [0.3, 0.4) is 0 Å². The predicted octanol–water partition coefficient (Wildman–Crippen LogP) is 4.04. The first-order chi connectivity index (χ1) is 17.7. The largest absolute Gasteiger partial charge is 0.340 e. The molecular formula is C27H42N4O5S. The number of carbonyl (C=O) groups is 3. The zero-order valence-electron chi connectivity index (χ0n) is 22.3. The lowest BCUT2D eigenvalue weighted by Crippen LogP contribution is -2.51. The molecule has 2 aliphatic carbocycles. The van der Waals surface area contributed by atoms with Gasteiger partial charge in [-0.05, 0) is 80.4 Å². The summed E-state index contributed by atoms with van der Waals surface area (Å²) in [6.07, 6.45) is 10.3. The monoisotopic (exact) mass is 534 g/mol. The summed E-state index contributed by atoms with van der Waals surface area (Å²) >= 11 is 0. The zero-order valence-corrected chi connectivity index (χ0v) is 23.1. The first-order valence-corrected chi connectivity index (χ1v) is 15.1. The number of sulfonamides is 1. The molecule has 5 amide bonds. The summed E-state index contributed by atoms with van der Waals surface area (Å²) in [6.45, 7) is 4.91. The standard InChI is InChI=1S/C21H32N4O5S.C6H10/c1-4-5-6-18-15(2)12-14-25(19(18)26)21(28)23-13-11-16-7-9-17(10-8-16)31(29,30)24-20(27)22-3;1-2-6-4-3-5(1)6/h7-10,15,18H,4-6,11-14H2,1-3H3,(H,23,28)(H2,22,24,27);5-6H,1-4H2. The minimum absolute atomic E-state index is 0.0324. The maximum atomic E-state index is 12.7. The Hall–Kier alpha value is -2.62. The number of amides is 5. The Labute approximate surface area is 221 Å². The number of rotatable bonds is 8.